The van der Waals surface area contributed by atoms with E-state index in [1.54, 1.807) is 6.08 Å². The van der Waals surface area contributed by atoms with Crippen molar-refractivity contribution in [2.45, 2.75) is 77.2 Å². The lowest BCUT2D eigenvalue weighted by atomic mass is 9.46. The van der Waals surface area contributed by atoms with Gasteiger partial charge in [-0.25, -0.2) is 0 Å². The molecule has 0 saturated heterocycles. The van der Waals surface area contributed by atoms with Crippen LogP contribution >= 0.6 is 0 Å². The molecule has 3 fully saturated rings. The molecule has 4 aliphatic carbocycles. The zero-order valence-corrected chi connectivity index (χ0v) is 14.9. The smallest absolute Gasteiger partial charge is 0.327 e. The fourth-order valence-electron chi connectivity index (χ4n) is 6.82. The van der Waals surface area contributed by atoms with Gasteiger partial charge >= 0.3 is 5.92 Å². The van der Waals surface area contributed by atoms with Gasteiger partial charge in [-0.3, -0.25) is 4.79 Å². The molecule has 4 aliphatic rings. The van der Waals surface area contributed by atoms with E-state index in [0.29, 0.717) is 24.7 Å². The van der Waals surface area contributed by atoms with Crippen molar-refractivity contribution in [3.8, 4) is 0 Å². The first-order valence-corrected chi connectivity index (χ1v) is 9.39. The van der Waals surface area contributed by atoms with E-state index >= 15 is 0 Å². The Morgan fingerprint density at radius 1 is 1.08 bits per heavy atom. The molecule has 2 nitrogen and oxygen atoms in total. The molecule has 0 amide bonds. The highest BCUT2D eigenvalue weighted by Crippen LogP contribution is 2.67. The predicted molar refractivity (Wildman–Crippen MR) is 87.7 cm³/mol. The highest BCUT2D eigenvalue weighted by atomic mass is 19.3. The van der Waals surface area contributed by atoms with Crippen LogP contribution in [0.1, 0.15) is 65.7 Å². The van der Waals surface area contributed by atoms with Gasteiger partial charge in [0.05, 0.1) is 5.60 Å². The van der Waals surface area contributed by atoms with Crippen LogP contribution in [0, 0.1) is 28.6 Å². The Labute approximate surface area is 142 Å². The third-order valence-electron chi connectivity index (χ3n) is 8.59. The quantitative estimate of drug-likeness (QED) is 0.660. The van der Waals surface area contributed by atoms with Gasteiger partial charge in [0.2, 0.25) is 5.78 Å². The van der Waals surface area contributed by atoms with Crippen molar-refractivity contribution in [2.75, 3.05) is 0 Å². The SMILES string of the molecule is CC12CCC(=O)C(F)(F)C1=CCC1C2CCC2(C)C1CCC2(C)O. The number of ketones is 1. The number of alkyl halides is 2. The average molecular weight is 338 g/mol. The summed E-state index contributed by atoms with van der Waals surface area (Å²) in [6.45, 7) is 6.11. The zero-order chi connectivity index (χ0) is 17.5. The van der Waals surface area contributed by atoms with Gasteiger partial charge in [0, 0.05) is 12.0 Å². The third kappa shape index (κ3) is 1.81. The monoisotopic (exact) mass is 338 g/mol. The van der Waals surface area contributed by atoms with Crippen LogP contribution in [0.15, 0.2) is 11.6 Å². The first-order chi connectivity index (χ1) is 11.0. The predicted octanol–water partition coefficient (Wildman–Crippen LogP) is 4.51. The number of aliphatic hydroxyl groups is 1. The molecule has 0 aromatic heterocycles. The van der Waals surface area contributed by atoms with Gasteiger partial charge in [0.1, 0.15) is 0 Å². The molecular formula is C20H28F2O2. The Hall–Kier alpha value is -0.770. The molecule has 3 saturated carbocycles. The summed E-state index contributed by atoms with van der Waals surface area (Å²) in [5.74, 6) is -3.22. The van der Waals surface area contributed by atoms with Gasteiger partial charge in [0.15, 0.2) is 0 Å². The van der Waals surface area contributed by atoms with E-state index in [0.717, 1.165) is 25.7 Å². The Balaban J connectivity index is 1.75. The summed E-state index contributed by atoms with van der Waals surface area (Å²) in [5, 5.41) is 10.9. The minimum absolute atomic E-state index is 0.0102. The standard InChI is InChI=1S/C20H28F2O2/c1-17-9-8-16(23)20(21,22)15(17)5-4-12-13(17)6-10-18(2)14(12)7-11-19(18,3)24/h5,12-14,24H,4,6-11H2,1-3H3. The summed E-state index contributed by atoms with van der Waals surface area (Å²) in [6.07, 6.45) is 6.43. The number of hydrogen-bond acceptors (Lipinski definition) is 2. The van der Waals surface area contributed by atoms with Crippen LogP contribution in [0.5, 0.6) is 0 Å². The maximum absolute atomic E-state index is 14.5. The van der Waals surface area contributed by atoms with Gasteiger partial charge in [-0.1, -0.05) is 19.9 Å². The number of allylic oxidation sites excluding steroid dienone is 2. The molecule has 0 spiro atoms. The van der Waals surface area contributed by atoms with Gasteiger partial charge in [-0.05, 0) is 74.0 Å². The van der Waals surface area contributed by atoms with Crippen LogP contribution in [0.4, 0.5) is 8.78 Å². The number of carbonyl (C=O) groups excluding carboxylic acids is 1. The van der Waals surface area contributed by atoms with Crippen LogP contribution in [0.25, 0.3) is 0 Å². The fraction of sp³-hybridized carbons (Fsp3) is 0.850. The molecule has 24 heavy (non-hydrogen) atoms. The van der Waals surface area contributed by atoms with Crippen molar-refractivity contribution < 1.29 is 18.7 Å². The molecule has 0 heterocycles. The van der Waals surface area contributed by atoms with E-state index in [1.807, 2.05) is 13.8 Å². The van der Waals surface area contributed by atoms with Crippen LogP contribution in [-0.4, -0.2) is 22.4 Å². The van der Waals surface area contributed by atoms with Crippen LogP contribution in [0.2, 0.25) is 0 Å². The maximum Gasteiger partial charge on any atom is 0.327 e. The van der Waals surface area contributed by atoms with Crippen LogP contribution < -0.4 is 0 Å². The Morgan fingerprint density at radius 2 is 1.75 bits per heavy atom. The summed E-state index contributed by atoms with van der Waals surface area (Å²) >= 11 is 0. The normalized spacial score (nSPS) is 53.0. The number of carbonyl (C=O) groups is 1. The molecule has 4 heteroatoms. The second-order valence-corrected chi connectivity index (χ2v) is 9.41. The highest BCUT2D eigenvalue weighted by molar-refractivity contribution is 5.90. The number of hydrogen-bond donors (Lipinski definition) is 1. The second-order valence-electron chi connectivity index (χ2n) is 9.41. The van der Waals surface area contributed by atoms with E-state index in [-0.39, 0.29) is 23.3 Å². The van der Waals surface area contributed by atoms with E-state index in [1.165, 1.54) is 0 Å². The first kappa shape index (κ1) is 16.7. The molecule has 0 radical (unpaired) electrons. The molecule has 4 rings (SSSR count). The molecule has 0 aliphatic heterocycles. The summed E-state index contributed by atoms with van der Waals surface area (Å²) in [4.78, 5) is 11.8. The molecule has 0 aromatic rings. The Bertz CT molecular complexity index is 623. The van der Waals surface area contributed by atoms with Crippen molar-refractivity contribution in [1.82, 2.24) is 0 Å². The molecule has 6 unspecified atom stereocenters. The lowest BCUT2D eigenvalue weighted by Crippen LogP contribution is -2.56. The number of rotatable bonds is 0. The lowest BCUT2D eigenvalue weighted by Gasteiger charge is -2.58. The Morgan fingerprint density at radius 3 is 2.46 bits per heavy atom. The van der Waals surface area contributed by atoms with Crippen LogP contribution in [-0.2, 0) is 4.79 Å². The molecular weight excluding hydrogens is 310 g/mol. The van der Waals surface area contributed by atoms with Gasteiger partial charge in [-0.2, -0.15) is 8.78 Å². The van der Waals surface area contributed by atoms with E-state index < -0.39 is 22.7 Å². The Kier molecular flexibility index (Phi) is 3.26. The third-order valence-corrected chi connectivity index (χ3v) is 8.59. The highest BCUT2D eigenvalue weighted by Gasteiger charge is 2.65. The summed E-state index contributed by atoms with van der Waals surface area (Å²) < 4.78 is 29.1. The largest absolute Gasteiger partial charge is 0.390 e. The molecule has 0 aromatic carbocycles. The van der Waals surface area contributed by atoms with E-state index in [9.17, 15) is 18.7 Å². The zero-order valence-electron chi connectivity index (χ0n) is 14.9. The molecule has 1 N–H and O–H groups in total. The molecule has 6 atom stereocenters. The number of halogens is 2. The van der Waals surface area contributed by atoms with Crippen molar-refractivity contribution in [3.05, 3.63) is 11.6 Å². The molecule has 134 valence electrons. The second kappa shape index (κ2) is 4.69. The fourth-order valence-corrected chi connectivity index (χ4v) is 6.82. The number of Topliss-reactive ketones (excluding diaryl/α,β-unsaturated/α-hetero) is 1. The van der Waals surface area contributed by atoms with Crippen molar-refractivity contribution in [1.29, 1.82) is 0 Å². The van der Waals surface area contributed by atoms with E-state index in [2.05, 4.69) is 6.92 Å². The minimum atomic E-state index is -3.28. The maximum atomic E-state index is 14.5. The lowest BCUT2D eigenvalue weighted by molar-refractivity contribution is -0.152. The van der Waals surface area contributed by atoms with Gasteiger partial charge < -0.3 is 5.11 Å². The first-order valence-electron chi connectivity index (χ1n) is 9.39. The van der Waals surface area contributed by atoms with Gasteiger partial charge in [-0.15, -0.1) is 0 Å². The minimum Gasteiger partial charge on any atom is -0.390 e. The topological polar surface area (TPSA) is 37.3 Å². The van der Waals surface area contributed by atoms with Crippen LogP contribution in [0.3, 0.4) is 0 Å². The molecule has 0 bridgehead atoms. The summed E-state index contributed by atoms with van der Waals surface area (Å²) in [6, 6.07) is 0. The summed E-state index contributed by atoms with van der Waals surface area (Å²) in [7, 11) is 0. The van der Waals surface area contributed by atoms with E-state index in [4.69, 9.17) is 0 Å². The number of fused-ring (bicyclic) bond motifs is 5. The summed E-state index contributed by atoms with van der Waals surface area (Å²) in [5.41, 5.74) is -1.22. The average Bonchev–Trinajstić information content (AvgIpc) is 2.74. The van der Waals surface area contributed by atoms with Crippen molar-refractivity contribution in [2.24, 2.45) is 28.6 Å². The van der Waals surface area contributed by atoms with Crippen molar-refractivity contribution in [3.63, 3.8) is 0 Å². The van der Waals surface area contributed by atoms with Crippen molar-refractivity contribution >= 4 is 5.78 Å². The van der Waals surface area contributed by atoms with Gasteiger partial charge in [0.25, 0.3) is 0 Å².